The fourth-order valence-corrected chi connectivity index (χ4v) is 1.65. The second-order valence-electron chi connectivity index (χ2n) is 3.68. The molecule has 1 aromatic carbocycles. The van der Waals surface area contributed by atoms with Crippen LogP contribution in [0.4, 0.5) is 13.2 Å². The van der Waals surface area contributed by atoms with E-state index in [0.29, 0.717) is 5.56 Å². The van der Waals surface area contributed by atoms with E-state index in [4.69, 9.17) is 9.47 Å². The molecule has 0 aliphatic carbocycles. The summed E-state index contributed by atoms with van der Waals surface area (Å²) < 4.78 is 47.5. The Morgan fingerprint density at radius 3 is 2.19 bits per heavy atom. The van der Waals surface area contributed by atoms with Gasteiger partial charge in [0.05, 0.1) is 6.10 Å². The molecule has 1 heterocycles. The Labute approximate surface area is 91.0 Å². The summed E-state index contributed by atoms with van der Waals surface area (Å²) >= 11 is 0. The normalized spacial score (nSPS) is 30.6. The van der Waals surface area contributed by atoms with Crippen molar-refractivity contribution in [1.29, 1.82) is 0 Å². The van der Waals surface area contributed by atoms with E-state index in [9.17, 15) is 13.2 Å². The lowest BCUT2D eigenvalue weighted by atomic mass is 10.2. The topological polar surface area (TPSA) is 18.5 Å². The summed E-state index contributed by atoms with van der Waals surface area (Å²) in [5.74, 6) is 0. The zero-order valence-electron chi connectivity index (χ0n) is 8.57. The maximum atomic E-state index is 12.5. The lowest BCUT2D eigenvalue weighted by Gasteiger charge is -2.16. The molecule has 2 nitrogen and oxygen atoms in total. The highest BCUT2D eigenvalue weighted by atomic mass is 19.4. The zero-order chi connectivity index (χ0) is 11.8. The number of benzene rings is 1. The zero-order valence-corrected chi connectivity index (χ0v) is 8.57. The molecule has 1 aliphatic heterocycles. The minimum Gasteiger partial charge on any atom is -0.342 e. The van der Waals surface area contributed by atoms with Crippen LogP contribution in [-0.4, -0.2) is 18.4 Å². The third kappa shape index (κ3) is 2.20. The van der Waals surface area contributed by atoms with Gasteiger partial charge < -0.3 is 9.47 Å². The molecule has 88 valence electrons. The van der Waals surface area contributed by atoms with Crippen LogP contribution >= 0.6 is 0 Å². The fraction of sp³-hybridized carbons (Fsp3) is 0.455. The predicted molar refractivity (Wildman–Crippen MR) is 50.7 cm³/mol. The van der Waals surface area contributed by atoms with Crippen LogP contribution in [0.1, 0.15) is 18.8 Å². The van der Waals surface area contributed by atoms with Gasteiger partial charge in [0.1, 0.15) is 0 Å². The molecule has 1 saturated heterocycles. The third-order valence-electron chi connectivity index (χ3n) is 2.43. The lowest BCUT2D eigenvalue weighted by Crippen LogP contribution is -2.35. The van der Waals surface area contributed by atoms with Gasteiger partial charge in [-0.05, 0) is 6.92 Å². The molecule has 1 aromatic rings. The second-order valence-corrected chi connectivity index (χ2v) is 3.68. The van der Waals surface area contributed by atoms with Crippen molar-refractivity contribution in [1.82, 2.24) is 0 Å². The average molecular weight is 232 g/mol. The van der Waals surface area contributed by atoms with Crippen molar-refractivity contribution in [3.63, 3.8) is 0 Å². The minimum atomic E-state index is -4.39. The summed E-state index contributed by atoms with van der Waals surface area (Å²) in [5, 5.41) is 0. The van der Waals surface area contributed by atoms with Crippen LogP contribution in [-0.2, 0) is 9.47 Å². The largest absolute Gasteiger partial charge is 0.417 e. The molecule has 0 N–H and O–H groups in total. The predicted octanol–water partition coefficient (Wildman–Crippen LogP) is 3.05. The Morgan fingerprint density at radius 1 is 1.06 bits per heavy atom. The molecule has 2 rings (SSSR count). The quantitative estimate of drug-likeness (QED) is 0.740. The Kier molecular flexibility index (Phi) is 2.90. The van der Waals surface area contributed by atoms with Gasteiger partial charge in [0.15, 0.2) is 12.4 Å². The molecule has 0 saturated carbocycles. The Hall–Kier alpha value is -1.07. The molecule has 1 fully saturated rings. The summed E-state index contributed by atoms with van der Waals surface area (Å²) in [6, 6.07) is 8.59. The minimum absolute atomic E-state index is 0.598. The number of ether oxygens (including phenoxy) is 2. The van der Waals surface area contributed by atoms with Crippen LogP contribution in [0.25, 0.3) is 0 Å². The van der Waals surface area contributed by atoms with Gasteiger partial charge in [-0.3, -0.25) is 0 Å². The summed E-state index contributed by atoms with van der Waals surface area (Å²) in [7, 11) is 0. The van der Waals surface area contributed by atoms with E-state index < -0.39 is 24.7 Å². The van der Waals surface area contributed by atoms with Crippen molar-refractivity contribution in [2.45, 2.75) is 31.6 Å². The molecule has 16 heavy (non-hydrogen) atoms. The first-order valence-electron chi connectivity index (χ1n) is 4.91. The van der Waals surface area contributed by atoms with E-state index >= 15 is 0 Å². The fourth-order valence-electron chi connectivity index (χ4n) is 1.65. The number of hydrogen-bond donors (Lipinski definition) is 0. The van der Waals surface area contributed by atoms with E-state index in [1.165, 1.54) is 6.92 Å². The van der Waals surface area contributed by atoms with E-state index in [1.807, 2.05) is 0 Å². The van der Waals surface area contributed by atoms with Crippen molar-refractivity contribution in [2.24, 2.45) is 0 Å². The molecule has 0 bridgehead atoms. The maximum Gasteiger partial charge on any atom is 0.417 e. The average Bonchev–Trinajstić information content (AvgIpc) is 2.61. The molecular formula is C11H11F3O2. The highest BCUT2D eigenvalue weighted by molar-refractivity contribution is 5.16. The first-order chi connectivity index (χ1) is 7.48. The summed E-state index contributed by atoms with van der Waals surface area (Å²) in [6.07, 6.45) is -8.14. The molecule has 0 spiro atoms. The molecular weight excluding hydrogens is 221 g/mol. The number of halogens is 3. The highest BCUT2D eigenvalue weighted by Gasteiger charge is 2.51. The monoisotopic (exact) mass is 232 g/mol. The Balaban J connectivity index is 2.13. The molecule has 0 aromatic heterocycles. The van der Waals surface area contributed by atoms with Gasteiger partial charge in [0.25, 0.3) is 0 Å². The number of rotatable bonds is 1. The molecule has 0 unspecified atom stereocenters. The van der Waals surface area contributed by atoms with E-state index in [2.05, 4.69) is 0 Å². The highest BCUT2D eigenvalue weighted by Crippen LogP contribution is 2.38. The molecule has 1 aliphatic rings. The Morgan fingerprint density at radius 2 is 1.69 bits per heavy atom. The van der Waals surface area contributed by atoms with E-state index in [-0.39, 0.29) is 0 Å². The molecule has 3 atom stereocenters. The standard InChI is InChI=1S/C11H11F3O2/c1-7-9(11(12,13)14)16-10(15-7)8-5-3-2-4-6-8/h2-7,9-10H,1H3/t7-,9-,10+/m0/s1. The summed E-state index contributed by atoms with van der Waals surface area (Å²) in [6.45, 7) is 1.36. The van der Waals surface area contributed by atoms with E-state index in [0.717, 1.165) is 0 Å². The number of hydrogen-bond acceptors (Lipinski definition) is 2. The molecule has 0 amide bonds. The van der Waals surface area contributed by atoms with Gasteiger partial charge in [-0.1, -0.05) is 30.3 Å². The molecule has 5 heteroatoms. The SMILES string of the molecule is C[C@@H]1O[C@@H](c2ccccc2)O[C@@H]1C(F)(F)F. The molecule has 0 radical (unpaired) electrons. The first-order valence-corrected chi connectivity index (χ1v) is 4.91. The number of alkyl halides is 3. The van der Waals surface area contributed by atoms with Gasteiger partial charge in [-0.25, -0.2) is 0 Å². The van der Waals surface area contributed by atoms with Gasteiger partial charge in [-0.2, -0.15) is 13.2 Å². The second kappa shape index (κ2) is 4.07. The van der Waals surface area contributed by atoms with Gasteiger partial charge >= 0.3 is 6.18 Å². The lowest BCUT2D eigenvalue weighted by molar-refractivity contribution is -0.218. The van der Waals surface area contributed by atoms with Crippen LogP contribution in [0.3, 0.4) is 0 Å². The van der Waals surface area contributed by atoms with Crippen molar-refractivity contribution in [3.05, 3.63) is 35.9 Å². The first kappa shape index (κ1) is 11.4. The van der Waals surface area contributed by atoms with Gasteiger partial charge in [0.2, 0.25) is 0 Å². The van der Waals surface area contributed by atoms with Crippen LogP contribution in [0, 0.1) is 0 Å². The summed E-state index contributed by atoms with van der Waals surface area (Å²) in [5.41, 5.74) is 0.598. The van der Waals surface area contributed by atoms with Crippen LogP contribution in [0.2, 0.25) is 0 Å². The maximum absolute atomic E-state index is 12.5. The van der Waals surface area contributed by atoms with Crippen molar-refractivity contribution >= 4 is 0 Å². The van der Waals surface area contributed by atoms with E-state index in [1.54, 1.807) is 30.3 Å². The van der Waals surface area contributed by atoms with Crippen LogP contribution in [0.15, 0.2) is 30.3 Å². The van der Waals surface area contributed by atoms with Gasteiger partial charge in [0, 0.05) is 5.56 Å². The van der Waals surface area contributed by atoms with Crippen molar-refractivity contribution in [3.8, 4) is 0 Å². The van der Waals surface area contributed by atoms with Crippen LogP contribution < -0.4 is 0 Å². The van der Waals surface area contributed by atoms with Crippen molar-refractivity contribution < 1.29 is 22.6 Å². The summed E-state index contributed by atoms with van der Waals surface area (Å²) in [4.78, 5) is 0. The third-order valence-corrected chi connectivity index (χ3v) is 2.43. The van der Waals surface area contributed by atoms with Crippen LogP contribution in [0.5, 0.6) is 0 Å². The smallest absolute Gasteiger partial charge is 0.342 e. The van der Waals surface area contributed by atoms with Gasteiger partial charge in [-0.15, -0.1) is 0 Å². The Bertz CT molecular complexity index is 350. The van der Waals surface area contributed by atoms with Crippen molar-refractivity contribution in [2.75, 3.05) is 0 Å².